The first-order valence-corrected chi connectivity index (χ1v) is 7.35. The van der Waals surface area contributed by atoms with Crippen LogP contribution in [0.5, 0.6) is 11.5 Å². The molecule has 23 heavy (non-hydrogen) atoms. The number of phenolic OH excluding ortho intramolecular Hbond substituents is 1. The summed E-state index contributed by atoms with van der Waals surface area (Å²) in [6.07, 6.45) is 3.40. The van der Waals surface area contributed by atoms with Gasteiger partial charge in [-0.15, -0.1) is 0 Å². The van der Waals surface area contributed by atoms with Gasteiger partial charge in [-0.1, -0.05) is 12.2 Å². The third-order valence-corrected chi connectivity index (χ3v) is 2.62. The van der Waals surface area contributed by atoms with Gasteiger partial charge in [0.05, 0.1) is 6.61 Å². The Hall–Kier alpha value is -2.50. The van der Waals surface area contributed by atoms with Gasteiger partial charge < -0.3 is 19.9 Å². The van der Waals surface area contributed by atoms with Crippen molar-refractivity contribution in [2.24, 2.45) is 0 Å². The fourth-order valence-electron chi connectivity index (χ4n) is 1.75. The summed E-state index contributed by atoms with van der Waals surface area (Å²) in [6.45, 7) is 7.72. The van der Waals surface area contributed by atoms with Crippen LogP contribution in [0, 0.1) is 0 Å². The van der Waals surface area contributed by atoms with E-state index in [9.17, 15) is 14.7 Å². The number of nitrogens with one attached hydrogen (secondary N) is 1. The van der Waals surface area contributed by atoms with E-state index in [2.05, 4.69) is 5.32 Å². The summed E-state index contributed by atoms with van der Waals surface area (Å²) in [6, 6.07) is 3.01. The summed E-state index contributed by atoms with van der Waals surface area (Å²) in [5.41, 5.74) is 0.270. The number of ether oxygens (including phenoxy) is 2. The van der Waals surface area contributed by atoms with Gasteiger partial charge in [-0.2, -0.15) is 0 Å². The molecular weight excluding hydrogens is 298 g/mol. The number of rotatable bonds is 6. The topological polar surface area (TPSA) is 84.9 Å². The van der Waals surface area contributed by atoms with Crippen LogP contribution in [0.15, 0.2) is 18.2 Å². The molecule has 0 aliphatic carbocycles. The van der Waals surface area contributed by atoms with E-state index in [1.165, 1.54) is 12.1 Å². The lowest BCUT2D eigenvalue weighted by atomic mass is 10.1. The van der Waals surface area contributed by atoms with Gasteiger partial charge in [0.1, 0.15) is 11.9 Å². The van der Waals surface area contributed by atoms with Crippen molar-refractivity contribution < 1.29 is 24.2 Å². The van der Waals surface area contributed by atoms with Crippen LogP contribution >= 0.6 is 0 Å². The number of carbonyl (C=O) groups is 2. The minimum Gasteiger partial charge on any atom is -0.504 e. The smallest absolute Gasteiger partial charge is 0.407 e. The zero-order chi connectivity index (χ0) is 17.5. The SMILES string of the molecule is CCOc1cc(C=O)cc(C=CCNC(=O)OC(C)(C)C)c1O. The minimum atomic E-state index is -0.559. The predicted octanol–water partition coefficient (Wildman–Crippen LogP) is 3.14. The van der Waals surface area contributed by atoms with Crippen LogP contribution < -0.4 is 10.1 Å². The highest BCUT2D eigenvalue weighted by Gasteiger charge is 2.15. The summed E-state index contributed by atoms with van der Waals surface area (Å²) in [5, 5.41) is 12.7. The zero-order valence-electron chi connectivity index (χ0n) is 13.9. The molecule has 1 aromatic carbocycles. The fourth-order valence-corrected chi connectivity index (χ4v) is 1.75. The highest BCUT2D eigenvalue weighted by molar-refractivity contribution is 5.79. The summed E-state index contributed by atoms with van der Waals surface area (Å²) >= 11 is 0. The van der Waals surface area contributed by atoms with E-state index >= 15 is 0 Å². The number of phenols is 1. The van der Waals surface area contributed by atoms with E-state index in [4.69, 9.17) is 9.47 Å². The Bertz CT molecular complexity index is 587. The van der Waals surface area contributed by atoms with Crippen molar-refractivity contribution in [3.8, 4) is 11.5 Å². The van der Waals surface area contributed by atoms with Crippen LogP contribution in [0.3, 0.4) is 0 Å². The van der Waals surface area contributed by atoms with Crippen molar-refractivity contribution in [2.75, 3.05) is 13.2 Å². The number of aldehydes is 1. The second-order valence-corrected chi connectivity index (χ2v) is 5.79. The van der Waals surface area contributed by atoms with Gasteiger partial charge in [0.15, 0.2) is 11.5 Å². The Labute approximate surface area is 136 Å². The average molecular weight is 321 g/mol. The van der Waals surface area contributed by atoms with Gasteiger partial charge in [-0.05, 0) is 39.8 Å². The van der Waals surface area contributed by atoms with Crippen LogP contribution in [0.4, 0.5) is 4.79 Å². The normalized spacial score (nSPS) is 11.3. The number of benzene rings is 1. The van der Waals surface area contributed by atoms with Gasteiger partial charge in [0.25, 0.3) is 0 Å². The molecular formula is C17H23NO5. The summed E-state index contributed by atoms with van der Waals surface area (Å²) < 4.78 is 10.4. The molecule has 6 heteroatoms. The van der Waals surface area contributed by atoms with E-state index < -0.39 is 11.7 Å². The number of alkyl carbamates (subject to hydrolysis) is 1. The van der Waals surface area contributed by atoms with Crippen LogP contribution in [0.1, 0.15) is 43.6 Å². The molecule has 1 amide bonds. The van der Waals surface area contributed by atoms with E-state index in [0.29, 0.717) is 24.0 Å². The maximum absolute atomic E-state index is 11.5. The molecule has 0 aromatic heterocycles. The predicted molar refractivity (Wildman–Crippen MR) is 87.9 cm³/mol. The molecule has 0 bridgehead atoms. The minimum absolute atomic E-state index is 0.0500. The molecule has 126 valence electrons. The molecule has 2 N–H and O–H groups in total. The van der Waals surface area contributed by atoms with Crippen LogP contribution in [-0.4, -0.2) is 36.2 Å². The lowest BCUT2D eigenvalue weighted by Gasteiger charge is -2.19. The van der Waals surface area contributed by atoms with Crippen molar-refractivity contribution >= 4 is 18.5 Å². The van der Waals surface area contributed by atoms with Crippen molar-refractivity contribution in [3.63, 3.8) is 0 Å². The molecule has 6 nitrogen and oxygen atoms in total. The standard InChI is InChI=1S/C17H23NO5/c1-5-22-14-10-12(11-19)9-13(15(14)20)7-6-8-18-16(21)23-17(2,3)4/h6-7,9-11,20H,5,8H2,1-4H3,(H,18,21). The summed E-state index contributed by atoms with van der Waals surface area (Å²) in [5.74, 6) is 0.197. The lowest BCUT2D eigenvalue weighted by Crippen LogP contribution is -2.32. The molecule has 1 aromatic rings. The van der Waals surface area contributed by atoms with Gasteiger partial charge in [-0.25, -0.2) is 4.79 Å². The molecule has 0 fully saturated rings. The Morgan fingerprint density at radius 1 is 1.35 bits per heavy atom. The first kappa shape index (κ1) is 18.5. The molecule has 0 spiro atoms. The fraction of sp³-hybridized carbons (Fsp3) is 0.412. The van der Waals surface area contributed by atoms with Gasteiger partial charge >= 0.3 is 6.09 Å². The van der Waals surface area contributed by atoms with E-state index in [0.717, 1.165) is 0 Å². The Morgan fingerprint density at radius 3 is 2.61 bits per heavy atom. The first-order chi connectivity index (χ1) is 10.8. The van der Waals surface area contributed by atoms with Crippen molar-refractivity contribution in [1.82, 2.24) is 5.32 Å². The van der Waals surface area contributed by atoms with Crippen molar-refractivity contribution in [1.29, 1.82) is 0 Å². The van der Waals surface area contributed by atoms with Gasteiger partial charge in [0.2, 0.25) is 0 Å². The van der Waals surface area contributed by atoms with Crippen molar-refractivity contribution in [2.45, 2.75) is 33.3 Å². The Balaban J connectivity index is 2.74. The highest BCUT2D eigenvalue weighted by atomic mass is 16.6. The summed E-state index contributed by atoms with van der Waals surface area (Å²) in [4.78, 5) is 22.4. The maximum Gasteiger partial charge on any atom is 0.407 e. The van der Waals surface area contributed by atoms with Gasteiger partial charge in [0, 0.05) is 17.7 Å². The molecule has 0 unspecified atom stereocenters. The molecule has 0 aliphatic rings. The molecule has 0 saturated heterocycles. The van der Waals surface area contributed by atoms with Gasteiger partial charge in [-0.3, -0.25) is 4.79 Å². The molecule has 0 radical (unpaired) electrons. The highest BCUT2D eigenvalue weighted by Crippen LogP contribution is 2.32. The number of carbonyl (C=O) groups excluding carboxylic acids is 2. The zero-order valence-corrected chi connectivity index (χ0v) is 13.9. The number of amides is 1. The molecule has 0 atom stereocenters. The monoisotopic (exact) mass is 321 g/mol. The third-order valence-electron chi connectivity index (χ3n) is 2.62. The maximum atomic E-state index is 11.5. The number of aromatic hydroxyl groups is 1. The first-order valence-electron chi connectivity index (χ1n) is 7.35. The Kier molecular flexibility index (Phi) is 6.63. The quantitative estimate of drug-likeness (QED) is 0.786. The second-order valence-electron chi connectivity index (χ2n) is 5.79. The molecule has 0 heterocycles. The average Bonchev–Trinajstić information content (AvgIpc) is 2.45. The number of hydrogen-bond acceptors (Lipinski definition) is 5. The van der Waals surface area contributed by atoms with E-state index in [-0.39, 0.29) is 18.0 Å². The summed E-state index contributed by atoms with van der Waals surface area (Å²) in [7, 11) is 0. The van der Waals surface area contributed by atoms with E-state index in [1.54, 1.807) is 39.8 Å². The lowest BCUT2D eigenvalue weighted by molar-refractivity contribution is 0.0534. The third kappa shape index (κ3) is 6.42. The van der Waals surface area contributed by atoms with Crippen LogP contribution in [0.25, 0.3) is 6.08 Å². The van der Waals surface area contributed by atoms with Crippen molar-refractivity contribution in [3.05, 3.63) is 29.3 Å². The second kappa shape index (κ2) is 8.22. The molecule has 0 saturated carbocycles. The van der Waals surface area contributed by atoms with Crippen LogP contribution in [0.2, 0.25) is 0 Å². The largest absolute Gasteiger partial charge is 0.504 e. The van der Waals surface area contributed by atoms with Crippen LogP contribution in [-0.2, 0) is 4.74 Å². The molecule has 1 rings (SSSR count). The number of hydrogen-bond donors (Lipinski definition) is 2. The van der Waals surface area contributed by atoms with E-state index in [1.807, 2.05) is 0 Å². The molecule has 0 aliphatic heterocycles. The Morgan fingerprint density at radius 2 is 2.04 bits per heavy atom.